The number of anilines is 1. The Morgan fingerprint density at radius 1 is 1.09 bits per heavy atom. The molecule has 7 nitrogen and oxygen atoms in total. The normalized spacial score (nSPS) is 11.0. The predicted molar refractivity (Wildman–Crippen MR) is 82.1 cm³/mol. The topological polar surface area (TPSA) is 92.3 Å². The van der Waals surface area contributed by atoms with Gasteiger partial charge in [0.25, 0.3) is 10.0 Å². The Morgan fingerprint density at radius 2 is 1.64 bits per heavy atom. The van der Waals surface area contributed by atoms with E-state index in [2.05, 4.69) is 9.97 Å². The SMILES string of the molecule is Cc1cc(C)nc(N(C)C(=O)NS(=O)(=O)c2ccccc2)n1. The first-order valence-corrected chi connectivity index (χ1v) is 7.96. The Morgan fingerprint density at radius 3 is 2.18 bits per heavy atom. The van der Waals surface area contributed by atoms with Crippen LogP contribution in [0.2, 0.25) is 0 Å². The number of amides is 2. The monoisotopic (exact) mass is 320 g/mol. The second-order valence-electron chi connectivity index (χ2n) is 4.73. The van der Waals surface area contributed by atoms with Gasteiger partial charge in [-0.3, -0.25) is 4.90 Å². The number of carbonyl (C=O) groups is 1. The van der Waals surface area contributed by atoms with E-state index in [0.717, 1.165) is 4.90 Å². The lowest BCUT2D eigenvalue weighted by molar-refractivity contribution is 0.252. The molecule has 0 spiro atoms. The summed E-state index contributed by atoms with van der Waals surface area (Å²) in [5, 5.41) is 0. The number of urea groups is 1. The van der Waals surface area contributed by atoms with Crippen LogP contribution in [0.4, 0.5) is 10.7 Å². The number of nitrogens with zero attached hydrogens (tertiary/aromatic N) is 3. The van der Waals surface area contributed by atoms with Crippen LogP contribution in [0.3, 0.4) is 0 Å². The molecule has 0 bridgehead atoms. The molecule has 2 aromatic rings. The summed E-state index contributed by atoms with van der Waals surface area (Å²) >= 11 is 0. The lowest BCUT2D eigenvalue weighted by Gasteiger charge is -2.16. The van der Waals surface area contributed by atoms with Crippen molar-refractivity contribution in [1.82, 2.24) is 14.7 Å². The first kappa shape index (κ1) is 15.9. The molecule has 1 heterocycles. The number of aryl methyl sites for hydroxylation is 2. The van der Waals surface area contributed by atoms with Crippen molar-refractivity contribution in [2.45, 2.75) is 18.7 Å². The standard InChI is InChI=1S/C14H16N4O3S/c1-10-9-11(2)16-13(15-10)18(3)14(19)17-22(20,21)12-7-5-4-6-8-12/h4-9H,1-3H3,(H,17,19). The van der Waals surface area contributed by atoms with E-state index in [1.165, 1.54) is 19.2 Å². The Balaban J connectivity index is 2.21. The quantitative estimate of drug-likeness (QED) is 0.928. The lowest BCUT2D eigenvalue weighted by Crippen LogP contribution is -2.41. The maximum atomic E-state index is 12.1. The molecule has 0 atom stereocenters. The summed E-state index contributed by atoms with van der Waals surface area (Å²) in [7, 11) is -2.52. The molecule has 1 aromatic heterocycles. The molecule has 0 unspecified atom stereocenters. The molecule has 1 aromatic carbocycles. The van der Waals surface area contributed by atoms with Crippen molar-refractivity contribution < 1.29 is 13.2 Å². The molecule has 0 aliphatic rings. The number of hydrogen-bond donors (Lipinski definition) is 1. The van der Waals surface area contributed by atoms with Crippen molar-refractivity contribution in [2.24, 2.45) is 0 Å². The van der Waals surface area contributed by atoms with Gasteiger partial charge in [0.1, 0.15) is 0 Å². The Hall–Kier alpha value is -2.48. The number of nitrogens with one attached hydrogen (secondary N) is 1. The van der Waals surface area contributed by atoms with Crippen molar-refractivity contribution in [2.75, 3.05) is 11.9 Å². The summed E-state index contributed by atoms with van der Waals surface area (Å²) < 4.78 is 26.2. The minimum atomic E-state index is -3.93. The van der Waals surface area contributed by atoms with E-state index in [1.54, 1.807) is 38.1 Å². The van der Waals surface area contributed by atoms with Crippen LogP contribution in [-0.2, 0) is 10.0 Å². The van der Waals surface area contributed by atoms with Gasteiger partial charge < -0.3 is 0 Å². The molecule has 2 rings (SSSR count). The van der Waals surface area contributed by atoms with Gasteiger partial charge in [0.2, 0.25) is 5.95 Å². The average molecular weight is 320 g/mol. The van der Waals surface area contributed by atoms with E-state index in [9.17, 15) is 13.2 Å². The summed E-state index contributed by atoms with van der Waals surface area (Å²) in [5.41, 5.74) is 1.38. The zero-order valence-electron chi connectivity index (χ0n) is 12.4. The Labute approximate surface area is 129 Å². The average Bonchev–Trinajstić information content (AvgIpc) is 2.46. The second kappa shape index (κ2) is 6.10. The minimum absolute atomic E-state index is 0.0121. The number of hydrogen-bond acceptors (Lipinski definition) is 5. The fourth-order valence-electron chi connectivity index (χ4n) is 1.79. The number of aromatic nitrogens is 2. The molecular weight excluding hydrogens is 304 g/mol. The van der Waals surface area contributed by atoms with Gasteiger partial charge in [0, 0.05) is 18.4 Å². The van der Waals surface area contributed by atoms with Gasteiger partial charge in [-0.25, -0.2) is 27.9 Å². The summed E-state index contributed by atoms with van der Waals surface area (Å²) in [4.78, 5) is 21.4. The third-order valence-corrected chi connectivity index (χ3v) is 4.19. The number of carbonyl (C=O) groups excluding carboxylic acids is 1. The van der Waals surface area contributed by atoms with Crippen LogP contribution in [0.25, 0.3) is 0 Å². The molecule has 0 saturated carbocycles. The van der Waals surface area contributed by atoms with Crippen molar-refractivity contribution in [1.29, 1.82) is 0 Å². The molecule has 2 amide bonds. The zero-order valence-corrected chi connectivity index (χ0v) is 13.3. The fraction of sp³-hybridized carbons (Fsp3) is 0.214. The molecule has 0 aliphatic heterocycles. The maximum Gasteiger partial charge on any atom is 0.337 e. The fourth-order valence-corrected chi connectivity index (χ4v) is 2.79. The largest absolute Gasteiger partial charge is 0.337 e. The van der Waals surface area contributed by atoms with Crippen molar-refractivity contribution >= 4 is 22.0 Å². The van der Waals surface area contributed by atoms with Crippen LogP contribution >= 0.6 is 0 Å². The molecule has 0 radical (unpaired) electrons. The highest BCUT2D eigenvalue weighted by atomic mass is 32.2. The van der Waals surface area contributed by atoms with Crippen LogP contribution in [0.1, 0.15) is 11.4 Å². The van der Waals surface area contributed by atoms with Crippen molar-refractivity contribution in [3.63, 3.8) is 0 Å². The van der Waals surface area contributed by atoms with E-state index >= 15 is 0 Å². The summed E-state index contributed by atoms with van der Waals surface area (Å²) in [6, 6.07) is 8.60. The third-order valence-electron chi connectivity index (χ3n) is 2.85. The van der Waals surface area contributed by atoms with Gasteiger partial charge in [0.05, 0.1) is 4.90 Å². The smallest absolute Gasteiger partial charge is 0.265 e. The van der Waals surface area contributed by atoms with Crippen molar-refractivity contribution in [3.8, 4) is 0 Å². The molecule has 8 heteroatoms. The maximum absolute atomic E-state index is 12.1. The summed E-state index contributed by atoms with van der Waals surface area (Å²) in [5.74, 6) is 0.137. The van der Waals surface area contributed by atoms with E-state index in [1.807, 2.05) is 4.72 Å². The molecule has 0 aliphatic carbocycles. The third kappa shape index (κ3) is 3.59. The molecule has 1 N–H and O–H groups in total. The Kier molecular flexibility index (Phi) is 4.41. The van der Waals surface area contributed by atoms with Gasteiger partial charge >= 0.3 is 6.03 Å². The van der Waals surface area contributed by atoms with Gasteiger partial charge in [-0.2, -0.15) is 0 Å². The Bertz CT molecular complexity index is 771. The molecule has 116 valence electrons. The van der Waals surface area contributed by atoms with Crippen LogP contribution in [0.5, 0.6) is 0 Å². The second-order valence-corrected chi connectivity index (χ2v) is 6.42. The number of benzene rings is 1. The van der Waals surface area contributed by atoms with Crippen LogP contribution < -0.4 is 9.62 Å². The highest BCUT2D eigenvalue weighted by Gasteiger charge is 2.22. The first-order valence-electron chi connectivity index (χ1n) is 6.47. The summed E-state index contributed by atoms with van der Waals surface area (Å²) in [6.07, 6.45) is 0. The molecular formula is C14H16N4O3S. The van der Waals surface area contributed by atoms with Crippen molar-refractivity contribution in [3.05, 3.63) is 47.8 Å². The van der Waals surface area contributed by atoms with Crippen LogP contribution in [0.15, 0.2) is 41.3 Å². The minimum Gasteiger partial charge on any atom is -0.265 e. The first-order chi connectivity index (χ1) is 10.3. The van der Waals surface area contributed by atoms with Gasteiger partial charge in [-0.1, -0.05) is 18.2 Å². The zero-order chi connectivity index (χ0) is 16.3. The van der Waals surface area contributed by atoms with E-state index in [0.29, 0.717) is 11.4 Å². The van der Waals surface area contributed by atoms with Crippen LogP contribution in [-0.4, -0.2) is 31.5 Å². The van der Waals surface area contributed by atoms with Crippen LogP contribution in [0, 0.1) is 13.8 Å². The molecule has 0 fully saturated rings. The lowest BCUT2D eigenvalue weighted by atomic mass is 10.3. The van der Waals surface area contributed by atoms with Gasteiger partial charge in [0.15, 0.2) is 0 Å². The van der Waals surface area contributed by atoms with Gasteiger partial charge in [-0.15, -0.1) is 0 Å². The highest BCUT2D eigenvalue weighted by molar-refractivity contribution is 7.90. The van der Waals surface area contributed by atoms with E-state index < -0.39 is 16.1 Å². The number of sulfonamides is 1. The van der Waals surface area contributed by atoms with E-state index in [4.69, 9.17) is 0 Å². The molecule has 0 saturated heterocycles. The van der Waals surface area contributed by atoms with Gasteiger partial charge in [-0.05, 0) is 32.0 Å². The predicted octanol–water partition coefficient (Wildman–Crippen LogP) is 1.63. The highest BCUT2D eigenvalue weighted by Crippen LogP contribution is 2.11. The van der Waals surface area contributed by atoms with E-state index in [-0.39, 0.29) is 10.8 Å². The summed E-state index contributed by atoms with van der Waals surface area (Å²) in [6.45, 7) is 3.54. The molecule has 22 heavy (non-hydrogen) atoms. The number of rotatable bonds is 3.